The van der Waals surface area contributed by atoms with E-state index in [2.05, 4.69) is 15.6 Å². The number of aromatic amines is 1. The van der Waals surface area contributed by atoms with Gasteiger partial charge < -0.3 is 40.0 Å². The van der Waals surface area contributed by atoms with Gasteiger partial charge in [-0.3, -0.25) is 14.8 Å². The van der Waals surface area contributed by atoms with Crippen molar-refractivity contribution in [3.8, 4) is 5.75 Å². The van der Waals surface area contributed by atoms with E-state index in [4.69, 9.17) is 9.47 Å². The molecule has 0 unspecified atom stereocenters. The number of thiophene rings is 2. The fraction of sp³-hybridized carbons (Fsp3) is 0.342. The summed E-state index contributed by atoms with van der Waals surface area (Å²) in [6, 6.07) is 14.5. The van der Waals surface area contributed by atoms with Gasteiger partial charge in [0, 0.05) is 48.8 Å². The van der Waals surface area contributed by atoms with Crippen LogP contribution in [0.15, 0.2) is 76.2 Å². The number of nitrogens with one attached hydrogen (secondary N) is 3. The van der Waals surface area contributed by atoms with Gasteiger partial charge in [0.05, 0.1) is 27.1 Å². The molecule has 0 aliphatic heterocycles. The molecule has 0 spiro atoms. The van der Waals surface area contributed by atoms with Crippen molar-refractivity contribution in [2.24, 2.45) is 0 Å². The Kier molecular flexibility index (Phi) is 13.7. The summed E-state index contributed by atoms with van der Waals surface area (Å²) in [5, 5.41) is 41.4. The second-order valence-electron chi connectivity index (χ2n) is 13.1. The van der Waals surface area contributed by atoms with Crippen molar-refractivity contribution in [1.82, 2.24) is 15.2 Å². The first-order chi connectivity index (χ1) is 25.9. The number of carbonyl (C=O) groups is 2. The van der Waals surface area contributed by atoms with Crippen LogP contribution in [0.3, 0.4) is 0 Å². The van der Waals surface area contributed by atoms with Crippen LogP contribution in [0.2, 0.25) is 0 Å². The number of benzene rings is 2. The number of aliphatic hydroxyl groups excluding tert-OH is 1. The largest absolute Gasteiger partial charge is 0.506 e. The average molecular weight is 803 g/mol. The number of anilines is 1. The number of pyridine rings is 1. The van der Waals surface area contributed by atoms with Crippen molar-refractivity contribution >= 4 is 51.3 Å². The molecular formula is C38H41F3N4O8S2. The van der Waals surface area contributed by atoms with Crippen LogP contribution in [0.1, 0.15) is 52.7 Å². The van der Waals surface area contributed by atoms with Crippen LogP contribution in [0.4, 0.5) is 24.0 Å². The Labute approximate surface area is 321 Å². The number of esters is 1. The Morgan fingerprint density at radius 1 is 1.02 bits per heavy atom. The molecular weight excluding hydrogens is 762 g/mol. The highest BCUT2D eigenvalue weighted by Gasteiger charge is 2.45. The van der Waals surface area contributed by atoms with Gasteiger partial charge in [0.15, 0.2) is 0 Å². The molecule has 294 valence electrons. The summed E-state index contributed by atoms with van der Waals surface area (Å²) in [6.07, 6.45) is 0.251. The van der Waals surface area contributed by atoms with E-state index in [9.17, 15) is 38.5 Å². The van der Waals surface area contributed by atoms with Crippen molar-refractivity contribution in [2.75, 3.05) is 32.1 Å². The summed E-state index contributed by atoms with van der Waals surface area (Å²) in [4.78, 5) is 43.0. The molecule has 0 saturated heterocycles. The lowest BCUT2D eigenvalue weighted by atomic mass is 9.91. The summed E-state index contributed by atoms with van der Waals surface area (Å²) in [5.41, 5.74) is -2.10. The third kappa shape index (κ3) is 9.55. The number of H-pyrrole nitrogens is 1. The zero-order valence-electron chi connectivity index (χ0n) is 29.6. The second kappa shape index (κ2) is 18.2. The van der Waals surface area contributed by atoms with Gasteiger partial charge in [-0.1, -0.05) is 18.2 Å². The highest BCUT2D eigenvalue weighted by atomic mass is 32.1. The normalized spacial score (nSPS) is 16.4. The number of aromatic hydroxyl groups is 1. The van der Waals surface area contributed by atoms with Gasteiger partial charge in [-0.2, -0.15) is 0 Å². The molecule has 6 rings (SSSR count). The molecule has 6 N–H and O–H groups in total. The maximum Gasteiger partial charge on any atom is 0.411 e. The summed E-state index contributed by atoms with van der Waals surface area (Å²) in [5.74, 6) is -2.51. The first-order valence-electron chi connectivity index (χ1n) is 17.3. The standard InChI is InChI=1S/C38H40F2N4O8S2.FH/c1-44(23-6-8-24(9-7-23)52-36(48)38(50,32-4-2-16-53-32)33-5-3-17-54-33)14-15-51-37(49)42-29-19-27(39)22(18-28(29)40)20-41-21-31(46)25-10-12-30(45)35-26(25)11-13-34(47)43-35;/h2-5,10-13,16-19,23-24,31,41,45-46,50H,6-9,14-15,20-21H2,1H3,(H,42,49)(H,43,47);1H/t23-,24-,31-;/m0./s1. The summed E-state index contributed by atoms with van der Waals surface area (Å²) < 4.78 is 40.9. The van der Waals surface area contributed by atoms with Crippen molar-refractivity contribution in [2.45, 2.75) is 56.1 Å². The monoisotopic (exact) mass is 802 g/mol. The fourth-order valence-corrected chi connectivity index (χ4v) is 8.28. The summed E-state index contributed by atoms with van der Waals surface area (Å²) in [7, 11) is 1.89. The van der Waals surface area contributed by atoms with Gasteiger partial charge in [0.2, 0.25) is 11.2 Å². The first kappa shape index (κ1) is 41.4. The predicted molar refractivity (Wildman–Crippen MR) is 203 cm³/mol. The first-order valence-corrected chi connectivity index (χ1v) is 19.1. The van der Waals surface area contributed by atoms with E-state index in [1.165, 1.54) is 46.9 Å². The number of phenols is 1. The van der Waals surface area contributed by atoms with Crippen LogP contribution >= 0.6 is 22.7 Å². The Bertz CT molecular complexity index is 2090. The summed E-state index contributed by atoms with van der Waals surface area (Å²) in [6.45, 7) is 0.184. The minimum atomic E-state index is -1.86. The molecule has 55 heavy (non-hydrogen) atoms. The lowest BCUT2D eigenvalue weighted by Gasteiger charge is -2.35. The second-order valence-corrected chi connectivity index (χ2v) is 15.0. The Morgan fingerprint density at radius 3 is 2.36 bits per heavy atom. The number of rotatable bonds is 14. The van der Waals surface area contributed by atoms with E-state index >= 15 is 0 Å². The Balaban J connectivity index is 0.00000580. The zero-order valence-corrected chi connectivity index (χ0v) is 31.3. The number of ether oxygens (including phenoxy) is 2. The molecule has 3 aromatic heterocycles. The molecule has 12 nitrogen and oxygen atoms in total. The van der Waals surface area contributed by atoms with Gasteiger partial charge in [-0.05, 0) is 79.4 Å². The van der Waals surface area contributed by atoms with Crippen LogP contribution in [0.5, 0.6) is 5.75 Å². The quantitative estimate of drug-likeness (QED) is 0.0745. The topological polar surface area (TPSA) is 173 Å². The van der Waals surface area contributed by atoms with Crippen molar-refractivity contribution in [3.05, 3.63) is 114 Å². The number of carbonyl (C=O) groups excluding carboxylic acids is 2. The molecule has 1 aliphatic rings. The Morgan fingerprint density at radius 2 is 1.71 bits per heavy atom. The lowest BCUT2D eigenvalue weighted by Crippen LogP contribution is -2.42. The fourth-order valence-electron chi connectivity index (χ4n) is 6.57. The molecule has 1 aliphatic carbocycles. The molecule has 1 fully saturated rings. The van der Waals surface area contributed by atoms with Crippen LogP contribution in [-0.2, 0) is 26.4 Å². The minimum Gasteiger partial charge on any atom is -0.506 e. The molecule has 3 heterocycles. The summed E-state index contributed by atoms with van der Waals surface area (Å²) >= 11 is 2.58. The molecule has 0 radical (unpaired) electrons. The molecule has 5 aromatic rings. The van der Waals surface area contributed by atoms with Crippen LogP contribution in [0.25, 0.3) is 10.9 Å². The van der Waals surface area contributed by atoms with Gasteiger partial charge in [0.1, 0.15) is 30.1 Å². The van der Waals surface area contributed by atoms with Crippen LogP contribution in [0, 0.1) is 11.6 Å². The molecule has 17 heteroatoms. The number of fused-ring (bicyclic) bond motifs is 1. The average Bonchev–Trinajstić information content (AvgIpc) is 3.90. The van der Waals surface area contributed by atoms with E-state index in [0.29, 0.717) is 40.1 Å². The van der Waals surface area contributed by atoms with E-state index in [1.807, 2.05) is 11.9 Å². The minimum absolute atomic E-state index is 0. The van der Waals surface area contributed by atoms with Crippen LogP contribution in [-0.4, -0.2) is 76.2 Å². The van der Waals surface area contributed by atoms with E-state index in [1.54, 1.807) is 35.0 Å². The zero-order chi connectivity index (χ0) is 38.4. The van der Waals surface area contributed by atoms with Crippen molar-refractivity contribution in [1.29, 1.82) is 0 Å². The van der Waals surface area contributed by atoms with Gasteiger partial charge >= 0.3 is 12.1 Å². The molecule has 1 atom stereocenters. The Hall–Kier alpha value is -4.78. The number of amides is 1. The number of aliphatic hydroxyl groups is 2. The third-order valence-electron chi connectivity index (χ3n) is 9.56. The van der Waals surface area contributed by atoms with Crippen molar-refractivity contribution < 1.29 is 47.9 Å². The number of aromatic nitrogens is 1. The van der Waals surface area contributed by atoms with Gasteiger partial charge in [-0.15, -0.1) is 22.7 Å². The van der Waals surface area contributed by atoms with E-state index < -0.39 is 46.6 Å². The number of halogens is 3. The molecule has 2 aromatic carbocycles. The van der Waals surface area contributed by atoms with E-state index in [-0.39, 0.29) is 53.4 Å². The van der Waals surface area contributed by atoms with E-state index in [0.717, 1.165) is 25.0 Å². The highest BCUT2D eigenvalue weighted by molar-refractivity contribution is 7.12. The SMILES string of the molecule is CN(CCOC(=O)Nc1cc(F)c(CNC[C@H](O)c2ccc(O)c3[nH]c(=O)ccc23)cc1F)[C@H]1CC[C@H](OC(=O)C(O)(c2cccs2)c2cccs2)CC1.F. The molecule has 1 saturated carbocycles. The maximum atomic E-state index is 14.9. The maximum absolute atomic E-state index is 14.9. The number of likely N-dealkylation sites (N-methyl/N-ethyl adjacent to an activating group) is 1. The highest BCUT2D eigenvalue weighted by Crippen LogP contribution is 2.38. The van der Waals surface area contributed by atoms with Crippen molar-refractivity contribution in [3.63, 3.8) is 0 Å². The smallest absolute Gasteiger partial charge is 0.411 e. The third-order valence-corrected chi connectivity index (χ3v) is 11.5. The number of nitrogens with zero attached hydrogens (tertiary/aromatic N) is 1. The van der Waals surface area contributed by atoms with Gasteiger partial charge in [0.25, 0.3) is 0 Å². The number of phenolic OH excluding ortho intramolecular Hbond substituents is 1. The molecule has 1 amide bonds. The van der Waals surface area contributed by atoms with Crippen LogP contribution < -0.4 is 16.2 Å². The number of hydrogen-bond donors (Lipinski definition) is 6. The number of hydrogen-bond acceptors (Lipinski definition) is 12. The lowest BCUT2D eigenvalue weighted by molar-refractivity contribution is -0.169. The van der Waals surface area contributed by atoms with Gasteiger partial charge in [-0.25, -0.2) is 18.4 Å². The predicted octanol–water partition coefficient (Wildman–Crippen LogP) is 5.88. The molecule has 0 bridgehead atoms.